The first kappa shape index (κ1) is 12.4. The summed E-state index contributed by atoms with van der Waals surface area (Å²) < 4.78 is 0. The van der Waals surface area contributed by atoms with Crippen molar-refractivity contribution in [2.75, 3.05) is 5.75 Å². The lowest BCUT2D eigenvalue weighted by Crippen LogP contribution is -1.83. The molecule has 1 nitrogen and oxygen atoms in total. The van der Waals surface area contributed by atoms with E-state index in [1.807, 2.05) is 24.3 Å². The molecule has 80 valence electrons. The summed E-state index contributed by atoms with van der Waals surface area (Å²) in [5, 5.41) is 0.181. The van der Waals surface area contributed by atoms with E-state index in [0.717, 1.165) is 22.6 Å². The highest BCUT2D eigenvalue weighted by Gasteiger charge is 1.91. The molecule has 0 fully saturated rings. The minimum atomic E-state index is 0.181. The van der Waals surface area contributed by atoms with Crippen molar-refractivity contribution in [2.24, 2.45) is 0 Å². The van der Waals surface area contributed by atoms with Crippen LogP contribution in [0.3, 0.4) is 0 Å². The Morgan fingerprint density at radius 1 is 1.53 bits per heavy atom. The van der Waals surface area contributed by atoms with Gasteiger partial charge in [0.1, 0.15) is 0 Å². The number of hydrogen-bond donors (Lipinski definition) is 1. The summed E-state index contributed by atoms with van der Waals surface area (Å²) >= 11 is 5.63. The lowest BCUT2D eigenvalue weighted by atomic mass is 10.2. The van der Waals surface area contributed by atoms with Crippen LogP contribution in [0, 0.1) is 0 Å². The van der Waals surface area contributed by atoms with Crippen LogP contribution >= 0.6 is 24.4 Å². The van der Waals surface area contributed by atoms with Gasteiger partial charge in [-0.2, -0.15) is 0 Å². The molecule has 0 heterocycles. The van der Waals surface area contributed by atoms with Crippen molar-refractivity contribution < 1.29 is 4.79 Å². The SMILES string of the molecule is CC(=O)SCCC=Cc1cccc(S)c1. The third kappa shape index (κ3) is 5.70. The summed E-state index contributed by atoms with van der Waals surface area (Å²) in [4.78, 5) is 11.6. The number of allylic oxidation sites excluding steroid dienone is 1. The molecular formula is C12H14OS2. The van der Waals surface area contributed by atoms with Gasteiger partial charge in [0.05, 0.1) is 0 Å². The van der Waals surface area contributed by atoms with Gasteiger partial charge < -0.3 is 0 Å². The van der Waals surface area contributed by atoms with Crippen molar-refractivity contribution in [2.45, 2.75) is 18.2 Å². The number of benzene rings is 1. The molecule has 1 aromatic rings. The Hall–Kier alpha value is -0.670. The Labute approximate surface area is 100 Å². The van der Waals surface area contributed by atoms with Crippen LogP contribution in [0.15, 0.2) is 35.2 Å². The second-order valence-electron chi connectivity index (χ2n) is 3.13. The van der Waals surface area contributed by atoms with E-state index in [-0.39, 0.29) is 5.12 Å². The van der Waals surface area contributed by atoms with Gasteiger partial charge in [-0.15, -0.1) is 12.6 Å². The van der Waals surface area contributed by atoms with E-state index in [1.54, 1.807) is 6.92 Å². The van der Waals surface area contributed by atoms with Crippen molar-refractivity contribution in [3.05, 3.63) is 35.9 Å². The lowest BCUT2D eigenvalue weighted by molar-refractivity contribution is -0.109. The highest BCUT2D eigenvalue weighted by Crippen LogP contribution is 2.11. The van der Waals surface area contributed by atoms with Crippen LogP contribution in [0.25, 0.3) is 6.08 Å². The van der Waals surface area contributed by atoms with Crippen LogP contribution in [0.4, 0.5) is 0 Å². The van der Waals surface area contributed by atoms with Crippen LogP contribution in [0.1, 0.15) is 18.9 Å². The number of carbonyl (C=O) groups excluding carboxylic acids is 1. The molecule has 0 aromatic heterocycles. The topological polar surface area (TPSA) is 17.1 Å². The molecule has 3 heteroatoms. The smallest absolute Gasteiger partial charge is 0.185 e. The van der Waals surface area contributed by atoms with Crippen LogP contribution in [-0.4, -0.2) is 10.9 Å². The summed E-state index contributed by atoms with van der Waals surface area (Å²) in [5.41, 5.74) is 1.15. The molecule has 0 aliphatic carbocycles. The van der Waals surface area contributed by atoms with Gasteiger partial charge in [0, 0.05) is 17.6 Å². The van der Waals surface area contributed by atoms with E-state index in [1.165, 1.54) is 11.8 Å². The third-order valence-electron chi connectivity index (χ3n) is 1.77. The molecule has 0 bridgehead atoms. The molecule has 0 unspecified atom stereocenters. The molecule has 0 radical (unpaired) electrons. The van der Waals surface area contributed by atoms with Gasteiger partial charge in [-0.1, -0.05) is 36.0 Å². The zero-order valence-electron chi connectivity index (χ0n) is 8.64. The van der Waals surface area contributed by atoms with Crippen LogP contribution in [0.5, 0.6) is 0 Å². The first-order chi connectivity index (χ1) is 7.18. The summed E-state index contributed by atoms with van der Waals surface area (Å²) in [6.45, 7) is 1.60. The predicted molar refractivity (Wildman–Crippen MR) is 70.5 cm³/mol. The minimum absolute atomic E-state index is 0.181. The highest BCUT2D eigenvalue weighted by atomic mass is 32.2. The fourth-order valence-corrected chi connectivity index (χ4v) is 1.90. The number of thiol groups is 1. The second kappa shape index (κ2) is 6.75. The molecule has 0 atom stereocenters. The maximum absolute atomic E-state index is 10.7. The summed E-state index contributed by atoms with van der Waals surface area (Å²) in [6, 6.07) is 7.98. The highest BCUT2D eigenvalue weighted by molar-refractivity contribution is 8.13. The number of thioether (sulfide) groups is 1. The molecule has 0 aliphatic heterocycles. The lowest BCUT2D eigenvalue weighted by Gasteiger charge is -1.95. The van der Waals surface area contributed by atoms with Crippen molar-refractivity contribution in [1.82, 2.24) is 0 Å². The fraction of sp³-hybridized carbons (Fsp3) is 0.250. The maximum atomic E-state index is 10.7. The van der Waals surface area contributed by atoms with Gasteiger partial charge in [-0.05, 0) is 24.1 Å². The Morgan fingerprint density at radius 3 is 3.00 bits per heavy atom. The standard InChI is InChI=1S/C12H14OS2/c1-10(13)15-8-3-2-5-11-6-4-7-12(14)9-11/h2,4-7,9,14H,3,8H2,1H3. The van der Waals surface area contributed by atoms with Crippen LogP contribution in [0.2, 0.25) is 0 Å². The summed E-state index contributed by atoms with van der Waals surface area (Å²) in [7, 11) is 0. The molecule has 0 aliphatic rings. The second-order valence-corrected chi connectivity index (χ2v) is 4.91. The van der Waals surface area contributed by atoms with Gasteiger partial charge in [-0.25, -0.2) is 0 Å². The molecule has 0 spiro atoms. The van der Waals surface area contributed by atoms with Gasteiger partial charge in [-0.3, -0.25) is 4.79 Å². The molecule has 1 rings (SSSR count). The summed E-state index contributed by atoms with van der Waals surface area (Å²) in [5.74, 6) is 0.854. The van der Waals surface area contributed by atoms with E-state index in [2.05, 4.69) is 24.8 Å². The Morgan fingerprint density at radius 2 is 2.33 bits per heavy atom. The Balaban J connectivity index is 2.35. The van der Waals surface area contributed by atoms with Crippen molar-refractivity contribution in [3.63, 3.8) is 0 Å². The van der Waals surface area contributed by atoms with Crippen LogP contribution in [-0.2, 0) is 4.79 Å². The zero-order chi connectivity index (χ0) is 11.1. The van der Waals surface area contributed by atoms with Crippen LogP contribution < -0.4 is 0 Å². The first-order valence-corrected chi connectivity index (χ1v) is 6.20. The quantitative estimate of drug-likeness (QED) is 0.637. The summed E-state index contributed by atoms with van der Waals surface area (Å²) in [6.07, 6.45) is 5.06. The van der Waals surface area contributed by atoms with Gasteiger partial charge >= 0.3 is 0 Å². The number of hydrogen-bond acceptors (Lipinski definition) is 3. The number of rotatable bonds is 4. The minimum Gasteiger partial charge on any atom is -0.288 e. The molecule has 0 N–H and O–H groups in total. The van der Waals surface area contributed by atoms with Crippen molar-refractivity contribution in [1.29, 1.82) is 0 Å². The average molecular weight is 238 g/mol. The van der Waals surface area contributed by atoms with E-state index < -0.39 is 0 Å². The molecule has 0 saturated carbocycles. The monoisotopic (exact) mass is 238 g/mol. The molecule has 1 aromatic carbocycles. The van der Waals surface area contributed by atoms with Crippen molar-refractivity contribution >= 4 is 35.6 Å². The average Bonchev–Trinajstić information content (AvgIpc) is 2.17. The van der Waals surface area contributed by atoms with Gasteiger partial charge in [0.25, 0.3) is 0 Å². The molecular weight excluding hydrogens is 224 g/mol. The predicted octanol–water partition coefficient (Wildman–Crippen LogP) is 3.66. The molecule has 0 amide bonds. The number of carbonyl (C=O) groups is 1. The fourth-order valence-electron chi connectivity index (χ4n) is 1.12. The normalized spacial score (nSPS) is 10.8. The first-order valence-electron chi connectivity index (χ1n) is 4.77. The molecule has 0 saturated heterocycles. The van der Waals surface area contributed by atoms with E-state index in [0.29, 0.717) is 0 Å². The van der Waals surface area contributed by atoms with Crippen molar-refractivity contribution in [3.8, 4) is 0 Å². The largest absolute Gasteiger partial charge is 0.288 e. The Bertz CT molecular complexity index is 358. The maximum Gasteiger partial charge on any atom is 0.185 e. The van der Waals surface area contributed by atoms with E-state index >= 15 is 0 Å². The third-order valence-corrected chi connectivity index (χ3v) is 2.89. The van der Waals surface area contributed by atoms with Gasteiger partial charge in [0.15, 0.2) is 5.12 Å². The van der Waals surface area contributed by atoms with E-state index in [9.17, 15) is 4.79 Å². The molecule has 15 heavy (non-hydrogen) atoms. The Kier molecular flexibility index (Phi) is 5.58. The van der Waals surface area contributed by atoms with Gasteiger partial charge in [0.2, 0.25) is 0 Å². The van der Waals surface area contributed by atoms with E-state index in [4.69, 9.17) is 0 Å². The zero-order valence-corrected chi connectivity index (χ0v) is 10.4.